The number of halogens is 2. The van der Waals surface area contributed by atoms with Crippen LogP contribution < -0.4 is 26.0 Å². The number of alkyl halides is 2. The lowest BCUT2D eigenvalue weighted by atomic mass is 9.96. The summed E-state index contributed by atoms with van der Waals surface area (Å²) < 4.78 is 60.8. The van der Waals surface area contributed by atoms with E-state index in [4.69, 9.17) is 4.74 Å². The van der Waals surface area contributed by atoms with Crippen LogP contribution >= 0.6 is 0 Å². The van der Waals surface area contributed by atoms with E-state index in [1.807, 2.05) is 19.2 Å². The fraction of sp³-hybridized carbons (Fsp3) is 0.452. The van der Waals surface area contributed by atoms with Crippen LogP contribution in [-0.4, -0.2) is 119 Å². The fourth-order valence-electron chi connectivity index (χ4n) is 6.76. The number of amides is 6. The molecule has 21 nitrogen and oxygen atoms in total. The SMILES string of the molecule is CC[C@@H](C)[C@H](NC(=O)[C@H](CC(C)C)NC(=O)c1cnccn1)C(=O)N1C[C@H](OCc2ccccc2)C[C@H]1C(=O)N[C@@H](CC(F)F)C(=O)C(=O)NCC(=O)NS(=O)(=O)c1cccc([N+](=O)[O-])c1. The van der Waals surface area contributed by atoms with Crippen molar-refractivity contribution in [2.75, 3.05) is 13.1 Å². The molecule has 6 amide bonds. The number of rotatable bonds is 23. The Hall–Kier alpha value is -6.82. The highest BCUT2D eigenvalue weighted by atomic mass is 32.2. The van der Waals surface area contributed by atoms with Gasteiger partial charge in [0, 0.05) is 43.9 Å². The van der Waals surface area contributed by atoms with Gasteiger partial charge in [-0.2, -0.15) is 0 Å². The van der Waals surface area contributed by atoms with Gasteiger partial charge in [-0.25, -0.2) is 26.9 Å². The number of aromatic nitrogens is 2. The molecule has 6 atom stereocenters. The minimum absolute atomic E-state index is 0.0442. The number of nitro groups is 1. The molecular weight excluding hydrogens is 893 g/mol. The van der Waals surface area contributed by atoms with E-state index in [1.165, 1.54) is 18.6 Å². The summed E-state index contributed by atoms with van der Waals surface area (Å²) in [7, 11) is -4.71. The predicted octanol–water partition coefficient (Wildman–Crippen LogP) is 1.58. The maximum absolute atomic E-state index is 14.6. The van der Waals surface area contributed by atoms with Crippen LogP contribution in [0.15, 0.2) is 78.1 Å². The molecule has 1 aliphatic heterocycles. The Balaban J connectivity index is 1.54. The van der Waals surface area contributed by atoms with Gasteiger partial charge in [0.1, 0.15) is 29.9 Å². The molecule has 1 fully saturated rings. The molecule has 0 unspecified atom stereocenters. The Kier molecular flexibility index (Phi) is 18.8. The highest BCUT2D eigenvalue weighted by Crippen LogP contribution is 2.26. The minimum atomic E-state index is -4.71. The van der Waals surface area contributed by atoms with E-state index < -0.39 is 122 Å². The van der Waals surface area contributed by atoms with Crippen LogP contribution in [0.3, 0.4) is 0 Å². The second-order valence-corrected chi connectivity index (χ2v) is 17.5. The standard InChI is InChI=1S/C42H51F2N9O12S/c1-5-25(4)36(50-38(56)31(16-24(2)3)49-39(57)32-20-45-14-15-46-32)42(60)52-22-28(65-23-26-10-7-6-8-11-26)18-33(52)40(58)48-30(19-34(43)44)37(55)41(59)47-21-35(54)51-66(63,64)29-13-9-12-27(17-29)53(61)62/h6-15,17,20,24-25,28,30-31,33-34,36H,5,16,18-19,21-23H2,1-4H3,(H,47,59)(H,48,58)(H,49,57)(H,50,56)(H,51,54)/t25-,28-,30+,31+,33+,36+/m1/s1. The normalized spacial score (nSPS) is 16.6. The van der Waals surface area contributed by atoms with E-state index in [-0.39, 0.29) is 37.6 Å². The first-order valence-corrected chi connectivity index (χ1v) is 22.2. The van der Waals surface area contributed by atoms with Crippen LogP contribution in [0.1, 0.15) is 69.4 Å². The van der Waals surface area contributed by atoms with Gasteiger partial charge in [0.15, 0.2) is 0 Å². The summed E-state index contributed by atoms with van der Waals surface area (Å²) in [4.78, 5) is 113. The summed E-state index contributed by atoms with van der Waals surface area (Å²) in [5.41, 5.74) is 0.0853. The zero-order chi connectivity index (χ0) is 48.7. The minimum Gasteiger partial charge on any atom is -0.372 e. The van der Waals surface area contributed by atoms with Crippen molar-refractivity contribution in [2.24, 2.45) is 11.8 Å². The van der Waals surface area contributed by atoms with Crippen LogP contribution in [0.5, 0.6) is 0 Å². The molecule has 0 saturated carbocycles. The number of benzene rings is 2. The topological polar surface area (TPSA) is 295 Å². The van der Waals surface area contributed by atoms with Gasteiger partial charge in [-0.15, -0.1) is 0 Å². The van der Waals surface area contributed by atoms with Gasteiger partial charge in [-0.3, -0.25) is 48.7 Å². The van der Waals surface area contributed by atoms with Crippen molar-refractivity contribution in [2.45, 2.75) is 102 Å². The number of Topliss-reactive ketones (excluding diaryl/α,β-unsaturated/α-hetero) is 1. The molecule has 1 aromatic heterocycles. The van der Waals surface area contributed by atoms with Crippen molar-refractivity contribution in [1.29, 1.82) is 0 Å². The van der Waals surface area contributed by atoms with Gasteiger partial charge in [0.2, 0.25) is 29.9 Å². The molecule has 24 heteroatoms. The molecular formula is C42H51F2N9O12S. The summed E-state index contributed by atoms with van der Waals surface area (Å²) in [6, 6.07) is 6.40. The van der Waals surface area contributed by atoms with E-state index in [2.05, 4.69) is 25.9 Å². The Morgan fingerprint density at radius 3 is 2.27 bits per heavy atom. The lowest BCUT2D eigenvalue weighted by molar-refractivity contribution is -0.385. The third-order valence-corrected chi connectivity index (χ3v) is 11.7. The van der Waals surface area contributed by atoms with Crippen LogP contribution in [0.25, 0.3) is 0 Å². The number of ether oxygens (including phenoxy) is 1. The number of sulfonamides is 1. The molecule has 3 aromatic rings. The number of carbonyl (C=O) groups is 7. The number of ketones is 1. The van der Waals surface area contributed by atoms with Crippen molar-refractivity contribution in [3.63, 3.8) is 0 Å². The first kappa shape index (κ1) is 51.8. The summed E-state index contributed by atoms with van der Waals surface area (Å²) in [5, 5.41) is 20.4. The molecule has 2 aromatic carbocycles. The first-order chi connectivity index (χ1) is 31.2. The molecule has 0 bridgehead atoms. The number of nitrogens with one attached hydrogen (secondary N) is 5. The van der Waals surface area contributed by atoms with Crippen LogP contribution in [0.4, 0.5) is 14.5 Å². The smallest absolute Gasteiger partial charge is 0.290 e. The third kappa shape index (κ3) is 14.9. The van der Waals surface area contributed by atoms with E-state index in [1.54, 1.807) is 48.9 Å². The average Bonchev–Trinajstić information content (AvgIpc) is 3.73. The number of nitrogens with zero attached hydrogens (tertiary/aromatic N) is 4. The lowest BCUT2D eigenvalue weighted by Gasteiger charge is -2.33. The van der Waals surface area contributed by atoms with E-state index in [9.17, 15) is 60.9 Å². The first-order valence-electron chi connectivity index (χ1n) is 20.7. The molecule has 5 N–H and O–H groups in total. The third-order valence-electron chi connectivity index (χ3n) is 10.3. The van der Waals surface area contributed by atoms with Crippen molar-refractivity contribution in [3.05, 3.63) is 94.6 Å². The summed E-state index contributed by atoms with van der Waals surface area (Å²) >= 11 is 0. The number of nitro benzene ring substituents is 1. The monoisotopic (exact) mass is 943 g/mol. The molecule has 1 aliphatic rings. The second kappa shape index (κ2) is 23.9. The molecule has 66 heavy (non-hydrogen) atoms. The quantitative estimate of drug-likeness (QED) is 0.0513. The highest BCUT2D eigenvalue weighted by molar-refractivity contribution is 7.90. The molecule has 1 saturated heterocycles. The second-order valence-electron chi connectivity index (χ2n) is 15.8. The van der Waals surface area contributed by atoms with E-state index >= 15 is 0 Å². The number of hydrogen-bond donors (Lipinski definition) is 5. The van der Waals surface area contributed by atoms with Gasteiger partial charge in [-0.1, -0.05) is 70.5 Å². The molecule has 0 spiro atoms. The van der Waals surface area contributed by atoms with Gasteiger partial charge in [0.25, 0.3) is 33.4 Å². The zero-order valence-electron chi connectivity index (χ0n) is 36.3. The molecule has 0 aliphatic carbocycles. The number of likely N-dealkylation sites (tertiary alicyclic amines) is 1. The molecule has 2 heterocycles. The largest absolute Gasteiger partial charge is 0.372 e. The van der Waals surface area contributed by atoms with Gasteiger partial charge < -0.3 is 30.9 Å². The number of non-ortho nitro benzene ring substituents is 1. The Morgan fingerprint density at radius 1 is 0.939 bits per heavy atom. The van der Waals surface area contributed by atoms with Crippen LogP contribution in [0, 0.1) is 22.0 Å². The maximum Gasteiger partial charge on any atom is 0.290 e. The van der Waals surface area contributed by atoms with Crippen LogP contribution in [-0.2, 0) is 50.1 Å². The Labute approximate surface area is 378 Å². The summed E-state index contributed by atoms with van der Waals surface area (Å²) in [6.07, 6.45) is -1.32. The summed E-state index contributed by atoms with van der Waals surface area (Å²) in [5.74, 6) is -8.71. The molecule has 4 rings (SSSR count). The molecule has 356 valence electrons. The van der Waals surface area contributed by atoms with Gasteiger partial charge in [0.05, 0.1) is 35.3 Å². The van der Waals surface area contributed by atoms with Crippen molar-refractivity contribution in [3.8, 4) is 0 Å². The summed E-state index contributed by atoms with van der Waals surface area (Å²) in [6.45, 7) is 5.70. The van der Waals surface area contributed by atoms with Crippen molar-refractivity contribution < 1.29 is 60.4 Å². The fourth-order valence-corrected chi connectivity index (χ4v) is 7.78. The lowest BCUT2D eigenvalue weighted by Crippen LogP contribution is -2.59. The predicted molar refractivity (Wildman–Crippen MR) is 228 cm³/mol. The van der Waals surface area contributed by atoms with Gasteiger partial charge in [-0.05, 0) is 29.9 Å². The Bertz CT molecular complexity index is 2350. The van der Waals surface area contributed by atoms with E-state index in [0.29, 0.717) is 12.5 Å². The van der Waals surface area contributed by atoms with Crippen molar-refractivity contribution in [1.82, 2.24) is 40.9 Å². The van der Waals surface area contributed by atoms with Gasteiger partial charge >= 0.3 is 0 Å². The van der Waals surface area contributed by atoms with Crippen molar-refractivity contribution >= 4 is 56.9 Å². The van der Waals surface area contributed by atoms with Crippen LogP contribution in [0.2, 0.25) is 0 Å². The average molecular weight is 944 g/mol. The maximum atomic E-state index is 14.6. The highest BCUT2D eigenvalue weighted by Gasteiger charge is 2.45. The number of hydrogen-bond acceptors (Lipinski definition) is 14. The van der Waals surface area contributed by atoms with E-state index in [0.717, 1.165) is 28.7 Å². The zero-order valence-corrected chi connectivity index (χ0v) is 37.2. The Morgan fingerprint density at radius 2 is 1.65 bits per heavy atom. The molecule has 0 radical (unpaired) electrons. The number of carbonyl (C=O) groups excluding carboxylic acids is 7.